The fraction of sp³-hybridized carbons (Fsp3) is 0.318. The van der Waals surface area contributed by atoms with Crippen LogP contribution in [0.3, 0.4) is 0 Å². The van der Waals surface area contributed by atoms with Crippen LogP contribution in [0.4, 0.5) is 0 Å². The number of hydrogen-bond acceptors (Lipinski definition) is 3. The molecule has 0 saturated heterocycles. The second-order valence-corrected chi connectivity index (χ2v) is 7.39. The Morgan fingerprint density at radius 2 is 1.93 bits per heavy atom. The van der Waals surface area contributed by atoms with E-state index in [0.29, 0.717) is 5.56 Å². The van der Waals surface area contributed by atoms with Crippen molar-refractivity contribution >= 4 is 22.8 Å². The van der Waals surface area contributed by atoms with Crippen molar-refractivity contribution in [3.8, 4) is 0 Å². The molecule has 0 bridgehead atoms. The van der Waals surface area contributed by atoms with E-state index >= 15 is 0 Å². The molecule has 2 heterocycles. The zero-order valence-corrected chi connectivity index (χ0v) is 16.0. The summed E-state index contributed by atoms with van der Waals surface area (Å²) < 4.78 is 0. The first-order valence-electron chi connectivity index (χ1n) is 9.70. The van der Waals surface area contributed by atoms with Crippen molar-refractivity contribution in [2.45, 2.75) is 38.8 Å². The SMILES string of the molecule is CCC(C)C(NC(=O)CC1NC(=O)c2ccccc21)c1nc2ccccc2[nH]1. The van der Waals surface area contributed by atoms with Crippen molar-refractivity contribution in [2.24, 2.45) is 5.92 Å². The number of aromatic amines is 1. The highest BCUT2D eigenvalue weighted by molar-refractivity contribution is 5.99. The Hall–Kier alpha value is -3.15. The monoisotopic (exact) mass is 376 g/mol. The summed E-state index contributed by atoms with van der Waals surface area (Å²) in [5, 5.41) is 6.04. The van der Waals surface area contributed by atoms with E-state index in [1.165, 1.54) is 0 Å². The van der Waals surface area contributed by atoms with Crippen LogP contribution in [0.5, 0.6) is 0 Å². The number of benzene rings is 2. The normalized spacial score (nSPS) is 17.8. The van der Waals surface area contributed by atoms with Gasteiger partial charge < -0.3 is 15.6 Å². The van der Waals surface area contributed by atoms with Gasteiger partial charge in [0.15, 0.2) is 0 Å². The summed E-state index contributed by atoms with van der Waals surface area (Å²) in [7, 11) is 0. The van der Waals surface area contributed by atoms with Crippen molar-refractivity contribution in [3.05, 3.63) is 65.5 Å². The van der Waals surface area contributed by atoms with E-state index in [0.717, 1.165) is 28.8 Å². The van der Waals surface area contributed by atoms with Crippen molar-refractivity contribution in [3.63, 3.8) is 0 Å². The molecule has 144 valence electrons. The minimum Gasteiger partial charge on any atom is -0.346 e. The maximum atomic E-state index is 12.8. The Balaban J connectivity index is 1.53. The number of hydrogen-bond donors (Lipinski definition) is 3. The molecular formula is C22H24N4O2. The number of imidazole rings is 1. The smallest absolute Gasteiger partial charge is 0.252 e. The highest BCUT2D eigenvalue weighted by atomic mass is 16.2. The predicted molar refractivity (Wildman–Crippen MR) is 108 cm³/mol. The molecule has 3 atom stereocenters. The Bertz CT molecular complexity index is 993. The van der Waals surface area contributed by atoms with E-state index in [4.69, 9.17) is 0 Å². The van der Waals surface area contributed by atoms with Crippen LogP contribution in [0.15, 0.2) is 48.5 Å². The molecule has 1 aliphatic rings. The van der Waals surface area contributed by atoms with Crippen LogP contribution in [0.25, 0.3) is 11.0 Å². The van der Waals surface area contributed by atoms with Crippen LogP contribution in [0, 0.1) is 5.92 Å². The molecule has 1 aromatic heterocycles. The number of H-pyrrole nitrogens is 1. The molecule has 4 rings (SSSR count). The van der Waals surface area contributed by atoms with Crippen LogP contribution in [0.2, 0.25) is 0 Å². The maximum Gasteiger partial charge on any atom is 0.252 e. The molecule has 6 nitrogen and oxygen atoms in total. The van der Waals surface area contributed by atoms with Crippen LogP contribution in [-0.4, -0.2) is 21.8 Å². The lowest BCUT2D eigenvalue weighted by Gasteiger charge is -2.23. The third kappa shape index (κ3) is 3.38. The van der Waals surface area contributed by atoms with Gasteiger partial charge in [0.05, 0.1) is 29.5 Å². The van der Waals surface area contributed by atoms with E-state index in [1.807, 2.05) is 42.5 Å². The van der Waals surface area contributed by atoms with Crippen molar-refractivity contribution in [2.75, 3.05) is 0 Å². The number of fused-ring (bicyclic) bond motifs is 2. The predicted octanol–water partition coefficient (Wildman–Crippen LogP) is 3.64. The number of amides is 2. The molecule has 2 amide bonds. The topological polar surface area (TPSA) is 86.9 Å². The average molecular weight is 376 g/mol. The van der Waals surface area contributed by atoms with Crippen LogP contribution in [0.1, 0.15) is 60.5 Å². The standard InChI is InChI=1S/C22H24N4O2/c1-3-13(2)20(21-23-16-10-6-7-11-17(16)24-21)26-19(27)12-18-14-8-4-5-9-15(14)22(28)25-18/h4-11,13,18,20H,3,12H2,1-2H3,(H,23,24)(H,25,28)(H,26,27). The van der Waals surface area contributed by atoms with E-state index in [-0.39, 0.29) is 36.2 Å². The summed E-state index contributed by atoms with van der Waals surface area (Å²) in [4.78, 5) is 32.9. The fourth-order valence-electron chi connectivity index (χ4n) is 3.74. The van der Waals surface area contributed by atoms with E-state index in [9.17, 15) is 9.59 Å². The fourth-order valence-corrected chi connectivity index (χ4v) is 3.74. The Morgan fingerprint density at radius 3 is 2.71 bits per heavy atom. The lowest BCUT2D eigenvalue weighted by atomic mass is 9.97. The van der Waals surface area contributed by atoms with Crippen molar-refractivity contribution in [1.82, 2.24) is 20.6 Å². The quantitative estimate of drug-likeness (QED) is 0.614. The summed E-state index contributed by atoms with van der Waals surface area (Å²) in [6, 6.07) is 14.7. The van der Waals surface area contributed by atoms with Gasteiger partial charge in [-0.15, -0.1) is 0 Å². The van der Waals surface area contributed by atoms with Gasteiger partial charge in [-0.2, -0.15) is 0 Å². The highest BCUT2D eigenvalue weighted by Crippen LogP contribution is 2.29. The molecule has 3 N–H and O–H groups in total. The summed E-state index contributed by atoms with van der Waals surface area (Å²) >= 11 is 0. The van der Waals surface area contributed by atoms with E-state index < -0.39 is 0 Å². The number of carbonyl (C=O) groups excluding carboxylic acids is 2. The van der Waals surface area contributed by atoms with Gasteiger partial charge in [0.2, 0.25) is 5.91 Å². The van der Waals surface area contributed by atoms with Gasteiger partial charge in [0.1, 0.15) is 5.82 Å². The van der Waals surface area contributed by atoms with Crippen LogP contribution in [-0.2, 0) is 4.79 Å². The first-order valence-corrected chi connectivity index (χ1v) is 9.70. The van der Waals surface area contributed by atoms with Gasteiger partial charge in [0, 0.05) is 5.56 Å². The van der Waals surface area contributed by atoms with Gasteiger partial charge in [-0.05, 0) is 29.7 Å². The Labute approximate surface area is 163 Å². The molecule has 1 aliphatic heterocycles. The largest absolute Gasteiger partial charge is 0.346 e. The minimum atomic E-state index is -0.294. The number of rotatable bonds is 6. The summed E-state index contributed by atoms with van der Waals surface area (Å²) in [6.45, 7) is 4.20. The van der Waals surface area contributed by atoms with Gasteiger partial charge in [0.25, 0.3) is 5.91 Å². The molecule has 28 heavy (non-hydrogen) atoms. The molecule has 6 heteroatoms. The lowest BCUT2D eigenvalue weighted by Crippen LogP contribution is -2.35. The number of nitrogens with one attached hydrogen (secondary N) is 3. The number of para-hydroxylation sites is 2. The molecule has 0 saturated carbocycles. The molecular weight excluding hydrogens is 352 g/mol. The molecule has 0 aliphatic carbocycles. The van der Waals surface area contributed by atoms with Crippen LogP contribution < -0.4 is 10.6 Å². The third-order valence-corrected chi connectivity index (χ3v) is 5.51. The highest BCUT2D eigenvalue weighted by Gasteiger charge is 2.31. The second-order valence-electron chi connectivity index (χ2n) is 7.39. The molecule has 3 aromatic rings. The molecule has 0 radical (unpaired) electrons. The third-order valence-electron chi connectivity index (χ3n) is 5.51. The second kappa shape index (κ2) is 7.46. The molecule has 2 aromatic carbocycles. The maximum absolute atomic E-state index is 12.8. The van der Waals surface area contributed by atoms with Gasteiger partial charge in [-0.1, -0.05) is 50.6 Å². The minimum absolute atomic E-state index is 0.104. The molecule has 0 fully saturated rings. The zero-order chi connectivity index (χ0) is 19.7. The Kier molecular flexibility index (Phi) is 4.86. The summed E-state index contributed by atoms with van der Waals surface area (Å²) in [6.07, 6.45) is 1.11. The first kappa shape index (κ1) is 18.2. The van der Waals surface area contributed by atoms with E-state index in [2.05, 4.69) is 34.4 Å². The van der Waals surface area contributed by atoms with Crippen molar-refractivity contribution in [1.29, 1.82) is 0 Å². The summed E-state index contributed by atoms with van der Waals surface area (Å²) in [5.74, 6) is 0.756. The average Bonchev–Trinajstić information content (AvgIpc) is 3.27. The van der Waals surface area contributed by atoms with Crippen molar-refractivity contribution < 1.29 is 9.59 Å². The lowest BCUT2D eigenvalue weighted by molar-refractivity contribution is -0.122. The van der Waals surface area contributed by atoms with E-state index in [1.54, 1.807) is 6.07 Å². The van der Waals surface area contributed by atoms with Crippen LogP contribution >= 0.6 is 0 Å². The number of carbonyl (C=O) groups is 2. The summed E-state index contributed by atoms with van der Waals surface area (Å²) in [5.41, 5.74) is 3.37. The zero-order valence-electron chi connectivity index (χ0n) is 16.0. The molecule has 0 spiro atoms. The molecule has 3 unspecified atom stereocenters. The number of aromatic nitrogens is 2. The number of nitrogens with zero attached hydrogens (tertiary/aromatic N) is 1. The van der Waals surface area contributed by atoms with Gasteiger partial charge in [-0.3, -0.25) is 9.59 Å². The Morgan fingerprint density at radius 1 is 1.18 bits per heavy atom. The van der Waals surface area contributed by atoms with Gasteiger partial charge >= 0.3 is 0 Å². The van der Waals surface area contributed by atoms with Gasteiger partial charge in [-0.25, -0.2) is 4.98 Å². The first-order chi connectivity index (χ1) is 13.6.